The van der Waals surface area contributed by atoms with E-state index >= 15 is 0 Å². The largest absolute Gasteiger partial charge is 0.443 e. The van der Waals surface area contributed by atoms with E-state index in [2.05, 4.69) is 20.7 Å². The first-order valence-electron chi connectivity index (χ1n) is 8.54. The summed E-state index contributed by atoms with van der Waals surface area (Å²) >= 11 is 3.41. The van der Waals surface area contributed by atoms with Crippen molar-refractivity contribution in [1.82, 2.24) is 9.62 Å². The highest BCUT2D eigenvalue weighted by molar-refractivity contribution is 9.10. The van der Waals surface area contributed by atoms with Crippen molar-refractivity contribution in [2.45, 2.75) is 57.7 Å². The lowest BCUT2D eigenvalue weighted by molar-refractivity contribution is -0.0587. The third-order valence-electron chi connectivity index (χ3n) is 4.55. The van der Waals surface area contributed by atoms with Crippen molar-refractivity contribution < 1.29 is 17.9 Å². The van der Waals surface area contributed by atoms with E-state index in [0.717, 1.165) is 16.3 Å². The van der Waals surface area contributed by atoms with Gasteiger partial charge in [0.1, 0.15) is 5.60 Å². The number of hydrogen-bond donors (Lipinski definition) is 1. The molecule has 146 valence electrons. The van der Waals surface area contributed by atoms with Gasteiger partial charge in [-0.1, -0.05) is 28.1 Å². The number of benzene rings is 1. The van der Waals surface area contributed by atoms with E-state index in [1.165, 1.54) is 0 Å². The third-order valence-corrected chi connectivity index (χ3v) is 6.00. The maximum atomic E-state index is 12.6. The summed E-state index contributed by atoms with van der Waals surface area (Å²) in [5, 5.41) is 0. The number of hydrogen-bond acceptors (Lipinski definition) is 4. The molecule has 0 spiro atoms. The average molecular weight is 447 g/mol. The van der Waals surface area contributed by atoms with Crippen LogP contribution in [0, 0.1) is 0 Å². The second-order valence-electron chi connectivity index (χ2n) is 7.92. The van der Waals surface area contributed by atoms with E-state index in [4.69, 9.17) is 4.74 Å². The van der Waals surface area contributed by atoms with Gasteiger partial charge in [0.25, 0.3) is 0 Å². The summed E-state index contributed by atoms with van der Waals surface area (Å²) in [6.07, 6.45) is 1.80. The van der Waals surface area contributed by atoms with E-state index in [1.54, 1.807) is 18.7 Å². The summed E-state index contributed by atoms with van der Waals surface area (Å²) < 4.78 is 32.4. The molecule has 6 nitrogen and oxygen atoms in total. The number of carbonyl (C=O) groups is 1. The van der Waals surface area contributed by atoms with Gasteiger partial charge in [0, 0.05) is 29.4 Å². The number of sulfonamides is 1. The van der Waals surface area contributed by atoms with Crippen LogP contribution in [0.4, 0.5) is 4.79 Å². The number of nitrogens with zero attached hydrogens (tertiary/aromatic N) is 1. The summed E-state index contributed by atoms with van der Waals surface area (Å²) in [6, 6.07) is 7.77. The molecule has 2 unspecified atom stereocenters. The maximum Gasteiger partial charge on any atom is 0.410 e. The lowest BCUT2D eigenvalue weighted by Gasteiger charge is -2.44. The van der Waals surface area contributed by atoms with Crippen LogP contribution in [0.3, 0.4) is 0 Å². The highest BCUT2D eigenvalue weighted by Gasteiger charge is 2.42. The molecule has 0 saturated carbocycles. The SMILES string of the molecule is CC(c1ccc(Br)cc1)N1CCC(C)(CC(C)(C)NS(C)(=O)=O)OC1=O. The summed E-state index contributed by atoms with van der Waals surface area (Å²) in [5.74, 6) is 0. The molecular weight excluding hydrogens is 420 g/mol. The topological polar surface area (TPSA) is 75.7 Å². The van der Waals surface area contributed by atoms with Crippen LogP contribution in [-0.4, -0.2) is 43.4 Å². The Kier molecular flexibility index (Phi) is 6.09. The predicted molar refractivity (Wildman–Crippen MR) is 105 cm³/mol. The molecule has 1 aromatic rings. The van der Waals surface area contributed by atoms with Crippen molar-refractivity contribution in [2.24, 2.45) is 0 Å². The molecule has 1 aliphatic rings. The molecule has 1 fully saturated rings. The van der Waals surface area contributed by atoms with E-state index in [0.29, 0.717) is 19.4 Å². The van der Waals surface area contributed by atoms with E-state index in [9.17, 15) is 13.2 Å². The number of rotatable bonds is 6. The number of halogens is 1. The van der Waals surface area contributed by atoms with Gasteiger partial charge < -0.3 is 9.64 Å². The highest BCUT2D eigenvalue weighted by atomic mass is 79.9. The van der Waals surface area contributed by atoms with Gasteiger partial charge in [-0.25, -0.2) is 17.9 Å². The quantitative estimate of drug-likeness (QED) is 0.719. The van der Waals surface area contributed by atoms with Crippen LogP contribution < -0.4 is 4.72 Å². The molecular formula is C18H27BrN2O4S. The summed E-state index contributed by atoms with van der Waals surface area (Å²) in [4.78, 5) is 14.3. The Morgan fingerprint density at radius 3 is 2.42 bits per heavy atom. The first-order valence-corrected chi connectivity index (χ1v) is 11.2. The van der Waals surface area contributed by atoms with Crippen LogP contribution in [-0.2, 0) is 14.8 Å². The van der Waals surface area contributed by atoms with Gasteiger partial charge in [0.2, 0.25) is 10.0 Å². The summed E-state index contributed by atoms with van der Waals surface area (Å²) in [7, 11) is -3.34. The average Bonchev–Trinajstić information content (AvgIpc) is 2.43. The third kappa shape index (κ3) is 5.69. The minimum Gasteiger partial charge on any atom is -0.443 e. The molecule has 2 atom stereocenters. The fourth-order valence-electron chi connectivity index (χ4n) is 3.64. The van der Waals surface area contributed by atoms with Crippen LogP contribution in [0.25, 0.3) is 0 Å². The molecule has 1 aliphatic heterocycles. The van der Waals surface area contributed by atoms with Gasteiger partial charge in [-0.05, 0) is 45.4 Å². The standard InChI is InChI=1S/C18H27BrN2O4S/c1-13(14-6-8-15(19)9-7-14)21-11-10-18(4,25-16(21)22)12-17(2,3)20-26(5,23)24/h6-9,13,20H,10-12H2,1-5H3. The monoisotopic (exact) mass is 446 g/mol. The van der Waals surface area contributed by atoms with E-state index in [1.807, 2.05) is 38.1 Å². The molecule has 1 saturated heterocycles. The molecule has 1 amide bonds. The van der Waals surface area contributed by atoms with Gasteiger partial charge in [-0.15, -0.1) is 0 Å². The molecule has 0 bridgehead atoms. The Morgan fingerprint density at radius 1 is 1.35 bits per heavy atom. The van der Waals surface area contributed by atoms with Crippen LogP contribution in [0.1, 0.15) is 52.1 Å². The molecule has 2 rings (SSSR count). The first kappa shape index (κ1) is 21.2. The zero-order valence-corrected chi connectivity index (χ0v) is 18.3. The van der Waals surface area contributed by atoms with Crippen LogP contribution >= 0.6 is 15.9 Å². The Morgan fingerprint density at radius 2 is 1.92 bits per heavy atom. The molecule has 0 radical (unpaired) electrons. The maximum absolute atomic E-state index is 12.6. The van der Waals surface area contributed by atoms with Crippen LogP contribution in [0.2, 0.25) is 0 Å². The lowest BCUT2D eigenvalue weighted by Crippen LogP contribution is -2.54. The Hall–Kier alpha value is -1.12. The zero-order chi connectivity index (χ0) is 19.8. The summed E-state index contributed by atoms with van der Waals surface area (Å²) in [5.41, 5.74) is -0.385. The van der Waals surface area contributed by atoms with E-state index in [-0.39, 0.29) is 12.1 Å². The minimum atomic E-state index is -3.34. The molecule has 1 aromatic carbocycles. The fraction of sp³-hybridized carbons (Fsp3) is 0.611. The van der Waals surface area contributed by atoms with Gasteiger partial charge in [-0.3, -0.25) is 0 Å². The smallest absolute Gasteiger partial charge is 0.410 e. The number of carbonyl (C=O) groups excluding carboxylic acids is 1. The molecule has 8 heteroatoms. The van der Waals surface area contributed by atoms with E-state index < -0.39 is 21.2 Å². The lowest BCUT2D eigenvalue weighted by atomic mass is 9.85. The first-order chi connectivity index (χ1) is 11.8. The van der Waals surface area contributed by atoms with Crippen LogP contribution in [0.5, 0.6) is 0 Å². The van der Waals surface area contributed by atoms with Crippen molar-refractivity contribution in [1.29, 1.82) is 0 Å². The fourth-order valence-corrected chi connectivity index (χ4v) is 4.98. The second-order valence-corrected chi connectivity index (χ2v) is 10.6. The van der Waals surface area contributed by atoms with Gasteiger partial charge >= 0.3 is 6.09 Å². The van der Waals surface area contributed by atoms with Crippen molar-refractivity contribution in [2.75, 3.05) is 12.8 Å². The molecule has 0 aliphatic carbocycles. The molecule has 0 aromatic heterocycles. The van der Waals surface area contributed by atoms with Crippen molar-refractivity contribution in [3.8, 4) is 0 Å². The number of nitrogens with one attached hydrogen (secondary N) is 1. The van der Waals surface area contributed by atoms with Crippen molar-refractivity contribution in [3.63, 3.8) is 0 Å². The Labute approximate surface area is 164 Å². The van der Waals surface area contributed by atoms with Crippen molar-refractivity contribution >= 4 is 32.0 Å². The second kappa shape index (κ2) is 7.48. The normalized spacial score (nSPS) is 22.8. The Balaban J connectivity index is 2.07. The zero-order valence-electron chi connectivity index (χ0n) is 15.9. The van der Waals surface area contributed by atoms with Crippen molar-refractivity contribution in [3.05, 3.63) is 34.3 Å². The molecule has 1 N–H and O–H groups in total. The number of cyclic esters (lactones) is 1. The molecule has 26 heavy (non-hydrogen) atoms. The summed E-state index contributed by atoms with van der Waals surface area (Å²) in [6.45, 7) is 7.98. The Bertz CT molecular complexity index is 764. The van der Waals surface area contributed by atoms with Crippen LogP contribution in [0.15, 0.2) is 28.7 Å². The highest BCUT2D eigenvalue weighted by Crippen LogP contribution is 2.35. The number of ether oxygens (including phenoxy) is 1. The van der Waals surface area contributed by atoms with Gasteiger partial charge in [-0.2, -0.15) is 0 Å². The number of amides is 1. The van der Waals surface area contributed by atoms with Gasteiger partial charge in [0.15, 0.2) is 0 Å². The predicted octanol–water partition coefficient (Wildman–Crippen LogP) is 3.83. The molecule has 1 heterocycles. The minimum absolute atomic E-state index is 0.0951. The van der Waals surface area contributed by atoms with Gasteiger partial charge in [0.05, 0.1) is 12.3 Å².